The lowest BCUT2D eigenvalue weighted by Crippen LogP contribution is -2.48. The number of aryl methyl sites for hydroxylation is 1. The summed E-state index contributed by atoms with van der Waals surface area (Å²) in [7, 11) is 0. The Bertz CT molecular complexity index is 1260. The number of thiophene rings is 1. The standard InChI is InChI=1S/C21H20N4O2S2/c1-14-16-4-2-3-5-17(16)29-19(14)20(27)24-8-6-23(7-9-24)13-15-12-18(26)25-10-11-28-21(25)22-15/h2-5,10-12H,6-9,13H2,1H3. The molecular weight excluding hydrogens is 404 g/mol. The van der Waals surface area contributed by atoms with Gasteiger partial charge in [-0.15, -0.1) is 22.7 Å². The molecule has 6 nitrogen and oxygen atoms in total. The maximum atomic E-state index is 13.1. The van der Waals surface area contributed by atoms with E-state index < -0.39 is 0 Å². The molecule has 1 saturated heterocycles. The number of hydrogen-bond donors (Lipinski definition) is 0. The monoisotopic (exact) mass is 424 g/mol. The topological polar surface area (TPSA) is 57.9 Å². The van der Waals surface area contributed by atoms with E-state index >= 15 is 0 Å². The molecule has 5 rings (SSSR count). The molecule has 0 unspecified atom stereocenters. The molecule has 1 amide bonds. The Morgan fingerprint density at radius 3 is 2.76 bits per heavy atom. The average molecular weight is 425 g/mol. The normalized spacial score (nSPS) is 15.4. The second kappa shape index (κ2) is 7.37. The number of rotatable bonds is 3. The molecule has 1 aliphatic rings. The first-order chi connectivity index (χ1) is 14.1. The molecule has 4 heterocycles. The zero-order valence-electron chi connectivity index (χ0n) is 16.0. The van der Waals surface area contributed by atoms with Crippen LogP contribution in [0.2, 0.25) is 0 Å². The van der Waals surface area contributed by atoms with Crippen LogP contribution in [0.3, 0.4) is 0 Å². The van der Waals surface area contributed by atoms with Crippen LogP contribution in [0.25, 0.3) is 15.0 Å². The van der Waals surface area contributed by atoms with Gasteiger partial charge >= 0.3 is 0 Å². The number of piperazine rings is 1. The van der Waals surface area contributed by atoms with Crippen LogP contribution >= 0.6 is 22.7 Å². The summed E-state index contributed by atoms with van der Waals surface area (Å²) < 4.78 is 2.73. The van der Waals surface area contributed by atoms with E-state index in [0.29, 0.717) is 19.6 Å². The van der Waals surface area contributed by atoms with Crippen molar-refractivity contribution in [2.75, 3.05) is 26.2 Å². The highest BCUT2D eigenvalue weighted by Crippen LogP contribution is 2.31. The van der Waals surface area contributed by atoms with Crippen molar-refractivity contribution in [3.8, 4) is 0 Å². The van der Waals surface area contributed by atoms with Gasteiger partial charge in [-0.1, -0.05) is 18.2 Å². The van der Waals surface area contributed by atoms with Gasteiger partial charge in [0, 0.05) is 55.1 Å². The second-order valence-electron chi connectivity index (χ2n) is 7.26. The molecule has 148 valence electrons. The van der Waals surface area contributed by atoms with Gasteiger partial charge in [-0.25, -0.2) is 4.98 Å². The van der Waals surface area contributed by atoms with Crippen molar-refractivity contribution in [3.63, 3.8) is 0 Å². The number of aromatic nitrogens is 2. The highest BCUT2D eigenvalue weighted by atomic mass is 32.1. The fraction of sp³-hybridized carbons (Fsp3) is 0.286. The number of fused-ring (bicyclic) bond motifs is 2. The van der Waals surface area contributed by atoms with Crippen LogP contribution in [0, 0.1) is 6.92 Å². The maximum Gasteiger partial charge on any atom is 0.264 e. The zero-order chi connectivity index (χ0) is 20.0. The van der Waals surface area contributed by atoms with Crippen molar-refractivity contribution in [3.05, 3.63) is 68.4 Å². The predicted octanol–water partition coefficient (Wildman–Crippen LogP) is 3.24. The van der Waals surface area contributed by atoms with Gasteiger partial charge in [0.15, 0.2) is 4.96 Å². The number of amides is 1. The molecule has 0 aliphatic carbocycles. The van der Waals surface area contributed by atoms with E-state index in [1.807, 2.05) is 29.3 Å². The molecule has 0 radical (unpaired) electrons. The highest BCUT2D eigenvalue weighted by Gasteiger charge is 2.25. The summed E-state index contributed by atoms with van der Waals surface area (Å²) in [6.07, 6.45) is 1.75. The van der Waals surface area contributed by atoms with E-state index in [-0.39, 0.29) is 11.5 Å². The number of thiazole rings is 1. The Balaban J connectivity index is 1.27. The molecule has 8 heteroatoms. The highest BCUT2D eigenvalue weighted by molar-refractivity contribution is 7.21. The Labute approximate surface area is 175 Å². The Morgan fingerprint density at radius 1 is 1.17 bits per heavy atom. The fourth-order valence-electron chi connectivity index (χ4n) is 3.83. The minimum absolute atomic E-state index is 0.0414. The number of carbonyl (C=O) groups excluding carboxylic acids is 1. The van der Waals surface area contributed by atoms with E-state index in [1.165, 1.54) is 16.7 Å². The first kappa shape index (κ1) is 18.5. The van der Waals surface area contributed by atoms with Crippen molar-refractivity contribution < 1.29 is 4.79 Å². The minimum atomic E-state index is -0.0414. The second-order valence-corrected chi connectivity index (χ2v) is 9.19. The summed E-state index contributed by atoms with van der Waals surface area (Å²) in [5.74, 6) is 0.125. The third-order valence-electron chi connectivity index (χ3n) is 5.44. The van der Waals surface area contributed by atoms with Gasteiger partial charge in [0.05, 0.1) is 10.6 Å². The Morgan fingerprint density at radius 2 is 1.97 bits per heavy atom. The number of hydrogen-bond acceptors (Lipinski definition) is 6. The van der Waals surface area contributed by atoms with E-state index in [9.17, 15) is 9.59 Å². The summed E-state index contributed by atoms with van der Waals surface area (Å²) >= 11 is 3.05. The summed E-state index contributed by atoms with van der Waals surface area (Å²) in [4.78, 5) is 35.6. The Hall–Kier alpha value is -2.55. The molecule has 1 aromatic carbocycles. The summed E-state index contributed by atoms with van der Waals surface area (Å²) in [5.41, 5.74) is 1.82. The van der Waals surface area contributed by atoms with Crippen LogP contribution in [-0.4, -0.2) is 51.3 Å². The van der Waals surface area contributed by atoms with Gasteiger partial charge in [-0.3, -0.25) is 18.9 Å². The lowest BCUT2D eigenvalue weighted by molar-refractivity contribution is 0.0631. The van der Waals surface area contributed by atoms with E-state index in [1.54, 1.807) is 28.0 Å². The predicted molar refractivity (Wildman–Crippen MR) is 117 cm³/mol. The average Bonchev–Trinajstić information content (AvgIpc) is 3.33. The van der Waals surface area contributed by atoms with Crippen LogP contribution < -0.4 is 5.56 Å². The number of nitrogens with zero attached hydrogens (tertiary/aromatic N) is 4. The molecule has 3 aromatic heterocycles. The van der Waals surface area contributed by atoms with Gasteiger partial charge in [-0.2, -0.15) is 0 Å². The van der Waals surface area contributed by atoms with Crippen LogP contribution in [0.1, 0.15) is 20.9 Å². The number of carbonyl (C=O) groups is 1. The molecule has 4 aromatic rings. The van der Waals surface area contributed by atoms with Crippen LogP contribution in [-0.2, 0) is 6.54 Å². The third kappa shape index (κ3) is 3.37. The molecule has 1 fully saturated rings. The Kier molecular flexibility index (Phi) is 4.69. The lowest BCUT2D eigenvalue weighted by atomic mass is 10.1. The van der Waals surface area contributed by atoms with E-state index in [2.05, 4.69) is 22.0 Å². The first-order valence-corrected chi connectivity index (χ1v) is 11.3. The van der Waals surface area contributed by atoms with Crippen LogP contribution in [0.4, 0.5) is 0 Å². The molecule has 1 aliphatic heterocycles. The van der Waals surface area contributed by atoms with Gasteiger partial charge in [0.25, 0.3) is 11.5 Å². The van der Waals surface area contributed by atoms with Gasteiger partial charge in [0.1, 0.15) is 0 Å². The molecular formula is C21H20N4O2S2. The zero-order valence-corrected chi connectivity index (χ0v) is 17.6. The van der Waals surface area contributed by atoms with Crippen molar-refractivity contribution in [2.24, 2.45) is 0 Å². The largest absolute Gasteiger partial charge is 0.335 e. The molecule has 0 spiro atoms. The van der Waals surface area contributed by atoms with Crippen molar-refractivity contribution in [2.45, 2.75) is 13.5 Å². The molecule has 0 saturated carbocycles. The maximum absolute atomic E-state index is 13.1. The molecule has 0 bridgehead atoms. The lowest BCUT2D eigenvalue weighted by Gasteiger charge is -2.34. The first-order valence-electron chi connectivity index (χ1n) is 9.56. The van der Waals surface area contributed by atoms with Gasteiger partial charge < -0.3 is 4.90 Å². The SMILES string of the molecule is Cc1c(C(=O)N2CCN(Cc3cc(=O)n4ccsc4n3)CC2)sc2ccccc12. The summed E-state index contributed by atoms with van der Waals surface area (Å²) in [6.45, 7) is 5.60. The fourth-order valence-corrected chi connectivity index (χ4v) is 5.74. The van der Waals surface area contributed by atoms with Gasteiger partial charge in [0.2, 0.25) is 0 Å². The van der Waals surface area contributed by atoms with E-state index in [4.69, 9.17) is 0 Å². The smallest absolute Gasteiger partial charge is 0.264 e. The third-order valence-corrected chi connectivity index (χ3v) is 7.46. The minimum Gasteiger partial charge on any atom is -0.335 e. The molecule has 0 N–H and O–H groups in total. The van der Waals surface area contributed by atoms with Crippen LogP contribution in [0.5, 0.6) is 0 Å². The quantitative estimate of drug-likeness (QED) is 0.507. The van der Waals surface area contributed by atoms with Crippen LogP contribution in [0.15, 0.2) is 46.7 Å². The summed E-state index contributed by atoms with van der Waals surface area (Å²) in [6, 6.07) is 9.79. The summed E-state index contributed by atoms with van der Waals surface area (Å²) in [5, 5.41) is 3.04. The molecule has 29 heavy (non-hydrogen) atoms. The number of benzene rings is 1. The van der Waals surface area contributed by atoms with Gasteiger partial charge in [-0.05, 0) is 23.9 Å². The van der Waals surface area contributed by atoms with Crippen molar-refractivity contribution in [1.82, 2.24) is 19.2 Å². The van der Waals surface area contributed by atoms with Crippen molar-refractivity contribution >= 4 is 43.6 Å². The molecule has 0 atom stereocenters. The van der Waals surface area contributed by atoms with Crippen molar-refractivity contribution in [1.29, 1.82) is 0 Å². The van der Waals surface area contributed by atoms with E-state index in [0.717, 1.165) is 38.9 Å².